The van der Waals surface area contributed by atoms with Crippen molar-refractivity contribution >= 4 is 17.1 Å². The minimum Gasteiger partial charge on any atom is -0.368 e. The molecule has 0 unspecified atom stereocenters. The molecule has 0 amide bonds. The molecule has 1 saturated heterocycles. The molecule has 3 nitrogen and oxygen atoms in total. The number of likely N-dealkylation sites (tertiary alicyclic amines) is 1. The van der Waals surface area contributed by atoms with Crippen molar-refractivity contribution in [1.82, 2.24) is 4.90 Å². The number of rotatable bonds is 3. The van der Waals surface area contributed by atoms with E-state index in [0.29, 0.717) is 5.92 Å². The second-order valence-corrected chi connectivity index (χ2v) is 7.12. The van der Waals surface area contributed by atoms with Crippen LogP contribution in [0.25, 0.3) is 0 Å². The van der Waals surface area contributed by atoms with E-state index in [-0.39, 0.29) is 11.6 Å². The zero-order chi connectivity index (χ0) is 17.4. The molecule has 1 atom stereocenters. The zero-order valence-corrected chi connectivity index (χ0v) is 14.5. The third-order valence-electron chi connectivity index (χ3n) is 5.27. The molecule has 0 bridgehead atoms. The van der Waals surface area contributed by atoms with E-state index in [1.165, 1.54) is 24.6 Å². The van der Waals surface area contributed by atoms with Gasteiger partial charge in [-0.2, -0.15) is 0 Å². The van der Waals surface area contributed by atoms with E-state index < -0.39 is 0 Å². The van der Waals surface area contributed by atoms with E-state index >= 15 is 0 Å². The molecule has 0 N–H and O–H groups in total. The SMILES string of the molecule is CN1CC[C@@H](CN2CCN(c3ccc(F)cc3)c3cc(F)ccc32)C1. The molecular formula is C20H23F2N3. The molecule has 0 spiro atoms. The Morgan fingerprint density at radius 1 is 0.920 bits per heavy atom. The molecule has 132 valence electrons. The monoisotopic (exact) mass is 343 g/mol. The highest BCUT2D eigenvalue weighted by molar-refractivity contribution is 5.79. The summed E-state index contributed by atoms with van der Waals surface area (Å²) < 4.78 is 27.2. The predicted octanol–water partition coefficient (Wildman–Crippen LogP) is 3.87. The van der Waals surface area contributed by atoms with Gasteiger partial charge in [-0.3, -0.25) is 0 Å². The van der Waals surface area contributed by atoms with Gasteiger partial charge in [0.05, 0.1) is 11.4 Å². The highest BCUT2D eigenvalue weighted by Gasteiger charge is 2.28. The van der Waals surface area contributed by atoms with Crippen LogP contribution in [0.1, 0.15) is 6.42 Å². The van der Waals surface area contributed by atoms with E-state index in [1.54, 1.807) is 18.2 Å². The van der Waals surface area contributed by atoms with Crippen molar-refractivity contribution in [2.75, 3.05) is 49.6 Å². The van der Waals surface area contributed by atoms with Crippen molar-refractivity contribution in [3.8, 4) is 0 Å². The summed E-state index contributed by atoms with van der Waals surface area (Å²) in [7, 11) is 2.16. The lowest BCUT2D eigenvalue weighted by Gasteiger charge is -2.40. The quantitative estimate of drug-likeness (QED) is 0.837. The number of fused-ring (bicyclic) bond motifs is 1. The normalized spacial score (nSPS) is 20.8. The summed E-state index contributed by atoms with van der Waals surface area (Å²) >= 11 is 0. The first-order valence-electron chi connectivity index (χ1n) is 8.86. The largest absolute Gasteiger partial charge is 0.368 e. The number of anilines is 3. The fourth-order valence-electron chi connectivity index (χ4n) is 4.01. The summed E-state index contributed by atoms with van der Waals surface area (Å²) in [5.74, 6) is 0.154. The van der Waals surface area contributed by atoms with Crippen LogP contribution in [0.2, 0.25) is 0 Å². The van der Waals surface area contributed by atoms with Gasteiger partial charge in [0.2, 0.25) is 0 Å². The van der Waals surface area contributed by atoms with Crippen LogP contribution in [0, 0.1) is 17.6 Å². The molecule has 2 aromatic carbocycles. The Bertz CT molecular complexity index is 747. The molecule has 2 aromatic rings. The summed E-state index contributed by atoms with van der Waals surface area (Å²) in [6.45, 7) is 4.92. The molecule has 0 saturated carbocycles. The summed E-state index contributed by atoms with van der Waals surface area (Å²) in [6, 6.07) is 11.4. The fraction of sp³-hybridized carbons (Fsp3) is 0.400. The van der Waals surface area contributed by atoms with Gasteiger partial charge in [-0.25, -0.2) is 8.78 Å². The Kier molecular flexibility index (Phi) is 4.34. The van der Waals surface area contributed by atoms with Gasteiger partial charge in [0.25, 0.3) is 0 Å². The van der Waals surface area contributed by atoms with Crippen molar-refractivity contribution in [1.29, 1.82) is 0 Å². The molecule has 0 radical (unpaired) electrons. The third kappa shape index (κ3) is 3.33. The minimum absolute atomic E-state index is 0.242. The Morgan fingerprint density at radius 2 is 1.68 bits per heavy atom. The number of hydrogen-bond donors (Lipinski definition) is 0. The van der Waals surface area contributed by atoms with Gasteiger partial charge in [0, 0.05) is 31.9 Å². The van der Waals surface area contributed by atoms with Crippen molar-refractivity contribution in [2.24, 2.45) is 5.92 Å². The lowest BCUT2D eigenvalue weighted by atomic mass is 10.1. The maximum Gasteiger partial charge on any atom is 0.125 e. The lowest BCUT2D eigenvalue weighted by Crippen LogP contribution is -2.41. The number of hydrogen-bond acceptors (Lipinski definition) is 3. The highest BCUT2D eigenvalue weighted by atomic mass is 19.1. The van der Waals surface area contributed by atoms with Crippen molar-refractivity contribution in [3.05, 3.63) is 54.1 Å². The first-order valence-corrected chi connectivity index (χ1v) is 8.86. The molecular weight excluding hydrogens is 320 g/mol. The van der Waals surface area contributed by atoms with Crippen LogP contribution < -0.4 is 9.80 Å². The summed E-state index contributed by atoms with van der Waals surface area (Å²) in [5.41, 5.74) is 2.82. The Balaban J connectivity index is 1.63. The predicted molar refractivity (Wildman–Crippen MR) is 97.6 cm³/mol. The maximum atomic E-state index is 13.9. The second kappa shape index (κ2) is 6.64. The minimum atomic E-state index is -0.257. The van der Waals surface area contributed by atoms with Gasteiger partial charge in [0.15, 0.2) is 0 Å². The Labute approximate surface area is 147 Å². The summed E-state index contributed by atoms with van der Waals surface area (Å²) in [5, 5.41) is 0. The topological polar surface area (TPSA) is 9.72 Å². The van der Waals surface area contributed by atoms with Crippen molar-refractivity contribution in [3.63, 3.8) is 0 Å². The van der Waals surface area contributed by atoms with Crippen molar-refractivity contribution < 1.29 is 8.78 Å². The van der Waals surface area contributed by atoms with Gasteiger partial charge in [-0.05, 0) is 68.4 Å². The van der Waals surface area contributed by atoms with Gasteiger partial charge >= 0.3 is 0 Å². The Morgan fingerprint density at radius 3 is 2.40 bits per heavy atom. The molecule has 4 rings (SSSR count). The van der Waals surface area contributed by atoms with Crippen LogP contribution in [0.15, 0.2) is 42.5 Å². The van der Waals surface area contributed by atoms with E-state index in [2.05, 4.69) is 21.7 Å². The van der Waals surface area contributed by atoms with Crippen molar-refractivity contribution in [2.45, 2.75) is 6.42 Å². The smallest absolute Gasteiger partial charge is 0.125 e. The first-order chi connectivity index (χ1) is 12.1. The number of halogens is 2. The first kappa shape index (κ1) is 16.3. The molecule has 0 aliphatic carbocycles. The molecule has 1 fully saturated rings. The van der Waals surface area contributed by atoms with Crippen LogP contribution in [0.5, 0.6) is 0 Å². The molecule has 5 heteroatoms. The summed E-state index contributed by atoms with van der Waals surface area (Å²) in [6.07, 6.45) is 1.21. The lowest BCUT2D eigenvalue weighted by molar-refractivity contribution is 0.394. The molecule has 2 aliphatic heterocycles. The second-order valence-electron chi connectivity index (χ2n) is 7.12. The molecule has 25 heavy (non-hydrogen) atoms. The maximum absolute atomic E-state index is 13.9. The average Bonchev–Trinajstić information content (AvgIpc) is 3.01. The van der Waals surface area contributed by atoms with E-state index in [0.717, 1.165) is 49.8 Å². The third-order valence-corrected chi connectivity index (χ3v) is 5.27. The van der Waals surface area contributed by atoms with E-state index in [1.807, 2.05) is 6.07 Å². The number of nitrogens with zero attached hydrogens (tertiary/aromatic N) is 3. The highest BCUT2D eigenvalue weighted by Crippen LogP contribution is 2.38. The van der Waals surface area contributed by atoms with Crippen LogP contribution in [0.3, 0.4) is 0 Å². The van der Waals surface area contributed by atoms with Gasteiger partial charge in [-0.1, -0.05) is 0 Å². The standard InChI is InChI=1S/C20H23F2N3/c1-23-9-8-15(13-23)14-24-10-11-25(18-5-2-16(21)3-6-18)20-12-17(22)4-7-19(20)24/h2-7,12,15H,8-11,13-14H2,1H3/t15-/m1/s1. The molecule has 2 aliphatic rings. The van der Waals surface area contributed by atoms with Gasteiger partial charge < -0.3 is 14.7 Å². The van der Waals surface area contributed by atoms with Crippen LogP contribution in [0.4, 0.5) is 25.8 Å². The van der Waals surface area contributed by atoms with Gasteiger partial charge in [0.1, 0.15) is 11.6 Å². The van der Waals surface area contributed by atoms with Crippen LogP contribution in [-0.4, -0.2) is 44.7 Å². The Hall–Kier alpha value is -2.14. The van der Waals surface area contributed by atoms with Crippen LogP contribution in [-0.2, 0) is 0 Å². The van der Waals surface area contributed by atoms with E-state index in [9.17, 15) is 8.78 Å². The summed E-state index contributed by atoms with van der Waals surface area (Å²) in [4.78, 5) is 6.82. The molecule has 2 heterocycles. The molecule has 0 aromatic heterocycles. The van der Waals surface area contributed by atoms with Crippen LogP contribution >= 0.6 is 0 Å². The zero-order valence-electron chi connectivity index (χ0n) is 14.5. The average molecular weight is 343 g/mol. The fourth-order valence-corrected chi connectivity index (χ4v) is 4.01. The number of benzene rings is 2. The van der Waals surface area contributed by atoms with Gasteiger partial charge in [-0.15, -0.1) is 0 Å². The van der Waals surface area contributed by atoms with E-state index in [4.69, 9.17) is 0 Å².